The summed E-state index contributed by atoms with van der Waals surface area (Å²) in [5.41, 5.74) is 8.85. The lowest BCUT2D eigenvalue weighted by atomic mass is 9.90. The maximum absolute atomic E-state index is 3.96. The first-order chi connectivity index (χ1) is 9.02. The Morgan fingerprint density at radius 2 is 1.26 bits per heavy atom. The lowest BCUT2D eigenvalue weighted by Gasteiger charge is -2.15. The molecule has 2 aromatic carbocycles. The highest BCUT2D eigenvalue weighted by molar-refractivity contribution is 5.92. The lowest BCUT2D eigenvalue weighted by molar-refractivity contribution is 0.706. The molecule has 0 aliphatic heterocycles. The van der Waals surface area contributed by atoms with Gasteiger partial charge in [-0.05, 0) is 90.6 Å². The number of aryl methyl sites for hydroxylation is 2. The number of rotatable bonds is 1. The highest BCUT2D eigenvalue weighted by Gasteiger charge is 2.21. The molecule has 0 heteroatoms. The molecule has 0 heterocycles. The summed E-state index contributed by atoms with van der Waals surface area (Å²) < 4.78 is 0. The second-order valence-electron chi connectivity index (χ2n) is 6.07. The Kier molecular flexibility index (Phi) is 2.78. The van der Waals surface area contributed by atoms with E-state index in [1.807, 2.05) is 0 Å². The zero-order chi connectivity index (χ0) is 13.7. The monoisotopic (exact) mass is 250 g/mol. The molecule has 3 rings (SSSR count). The SMILES string of the molecule is C=CC1Cc2cc3c(C)c(C)c(C)c(C)c3cc2C1. The molecule has 0 unspecified atom stereocenters. The Morgan fingerprint density at radius 1 is 0.842 bits per heavy atom. The molecule has 0 atom stereocenters. The fourth-order valence-corrected chi connectivity index (χ4v) is 3.46. The van der Waals surface area contributed by atoms with Crippen molar-refractivity contribution >= 4 is 10.8 Å². The Balaban J connectivity index is 2.33. The maximum atomic E-state index is 3.96. The van der Waals surface area contributed by atoms with Crippen LogP contribution in [0.1, 0.15) is 33.4 Å². The summed E-state index contributed by atoms with van der Waals surface area (Å²) in [6.45, 7) is 13.0. The largest absolute Gasteiger partial charge is 0.103 e. The fourth-order valence-electron chi connectivity index (χ4n) is 3.46. The van der Waals surface area contributed by atoms with E-state index in [4.69, 9.17) is 0 Å². The van der Waals surface area contributed by atoms with Gasteiger partial charge in [-0.3, -0.25) is 0 Å². The minimum absolute atomic E-state index is 0.634. The van der Waals surface area contributed by atoms with Gasteiger partial charge in [0.2, 0.25) is 0 Å². The summed E-state index contributed by atoms with van der Waals surface area (Å²) in [6, 6.07) is 4.87. The van der Waals surface area contributed by atoms with Crippen LogP contribution < -0.4 is 0 Å². The van der Waals surface area contributed by atoms with E-state index < -0.39 is 0 Å². The Bertz CT molecular complexity index is 633. The van der Waals surface area contributed by atoms with Crippen molar-refractivity contribution in [1.82, 2.24) is 0 Å². The number of hydrogen-bond donors (Lipinski definition) is 0. The molecule has 0 amide bonds. The Labute approximate surface area is 116 Å². The van der Waals surface area contributed by atoms with Crippen LogP contribution in [0.5, 0.6) is 0 Å². The summed E-state index contributed by atoms with van der Waals surface area (Å²) >= 11 is 0. The van der Waals surface area contributed by atoms with Crippen molar-refractivity contribution in [2.75, 3.05) is 0 Å². The second-order valence-corrected chi connectivity index (χ2v) is 6.07. The van der Waals surface area contributed by atoms with Gasteiger partial charge in [0.1, 0.15) is 0 Å². The van der Waals surface area contributed by atoms with Crippen molar-refractivity contribution in [1.29, 1.82) is 0 Å². The molecule has 2 aromatic rings. The van der Waals surface area contributed by atoms with Gasteiger partial charge in [-0.15, -0.1) is 6.58 Å². The quantitative estimate of drug-likeness (QED) is 0.626. The zero-order valence-corrected chi connectivity index (χ0v) is 12.4. The maximum Gasteiger partial charge on any atom is -0.0146 e. The van der Waals surface area contributed by atoms with Crippen LogP contribution in [0.4, 0.5) is 0 Å². The molecule has 1 aliphatic carbocycles. The topological polar surface area (TPSA) is 0 Å². The van der Waals surface area contributed by atoms with E-state index in [9.17, 15) is 0 Å². The summed E-state index contributed by atoms with van der Waals surface area (Å²) in [4.78, 5) is 0. The van der Waals surface area contributed by atoms with Crippen LogP contribution >= 0.6 is 0 Å². The molecule has 0 aromatic heterocycles. The third kappa shape index (κ3) is 1.74. The van der Waals surface area contributed by atoms with Gasteiger partial charge in [0.25, 0.3) is 0 Å². The molecule has 0 saturated carbocycles. The molecule has 98 valence electrons. The number of benzene rings is 2. The molecule has 19 heavy (non-hydrogen) atoms. The summed E-state index contributed by atoms with van der Waals surface area (Å²) in [7, 11) is 0. The van der Waals surface area contributed by atoms with Gasteiger partial charge < -0.3 is 0 Å². The smallest absolute Gasteiger partial charge is 0.0146 e. The van der Waals surface area contributed by atoms with Crippen LogP contribution in [0.25, 0.3) is 10.8 Å². The van der Waals surface area contributed by atoms with E-state index in [1.54, 1.807) is 0 Å². The van der Waals surface area contributed by atoms with Crippen molar-refractivity contribution in [2.45, 2.75) is 40.5 Å². The Morgan fingerprint density at radius 3 is 1.63 bits per heavy atom. The van der Waals surface area contributed by atoms with Gasteiger partial charge in [0.15, 0.2) is 0 Å². The number of hydrogen-bond acceptors (Lipinski definition) is 0. The lowest BCUT2D eigenvalue weighted by Crippen LogP contribution is -1.95. The van der Waals surface area contributed by atoms with Crippen molar-refractivity contribution in [3.8, 4) is 0 Å². The second kappa shape index (κ2) is 4.23. The molecule has 0 fully saturated rings. The predicted molar refractivity (Wildman–Crippen MR) is 84.0 cm³/mol. The van der Waals surface area contributed by atoms with E-state index in [1.165, 1.54) is 57.0 Å². The molecule has 0 radical (unpaired) electrons. The van der Waals surface area contributed by atoms with Crippen LogP contribution in [0.2, 0.25) is 0 Å². The van der Waals surface area contributed by atoms with Crippen LogP contribution in [-0.4, -0.2) is 0 Å². The van der Waals surface area contributed by atoms with Gasteiger partial charge in [0.05, 0.1) is 0 Å². The third-order valence-corrected chi connectivity index (χ3v) is 5.13. The van der Waals surface area contributed by atoms with Crippen LogP contribution in [-0.2, 0) is 12.8 Å². The first kappa shape index (κ1) is 12.5. The third-order valence-electron chi connectivity index (χ3n) is 5.13. The molecule has 0 spiro atoms. The van der Waals surface area contributed by atoms with Crippen molar-refractivity contribution in [2.24, 2.45) is 5.92 Å². The van der Waals surface area contributed by atoms with Crippen molar-refractivity contribution in [3.63, 3.8) is 0 Å². The summed E-state index contributed by atoms with van der Waals surface area (Å²) in [6.07, 6.45) is 4.45. The molecular formula is C19H22. The minimum Gasteiger partial charge on any atom is -0.103 e. The van der Waals surface area contributed by atoms with Crippen molar-refractivity contribution < 1.29 is 0 Å². The van der Waals surface area contributed by atoms with E-state index in [0.717, 1.165) is 0 Å². The molecule has 0 bridgehead atoms. The zero-order valence-electron chi connectivity index (χ0n) is 12.4. The normalized spacial score (nSPS) is 14.9. The van der Waals surface area contributed by atoms with E-state index in [0.29, 0.717) is 5.92 Å². The molecular weight excluding hydrogens is 228 g/mol. The van der Waals surface area contributed by atoms with Gasteiger partial charge in [-0.1, -0.05) is 18.2 Å². The minimum atomic E-state index is 0.634. The van der Waals surface area contributed by atoms with Crippen LogP contribution in [0, 0.1) is 33.6 Å². The fraction of sp³-hybridized carbons (Fsp3) is 0.368. The van der Waals surface area contributed by atoms with Crippen LogP contribution in [0.3, 0.4) is 0 Å². The van der Waals surface area contributed by atoms with E-state index in [2.05, 4.69) is 52.5 Å². The summed E-state index contributed by atoms with van der Waals surface area (Å²) in [5, 5.41) is 2.90. The standard InChI is InChI=1S/C19H22/c1-6-15-7-16-9-18-13(4)11(2)12(3)14(5)19(18)10-17(16)8-15/h6,9-10,15H,1,7-8H2,2-5H3. The Hall–Kier alpha value is -1.56. The van der Waals surface area contributed by atoms with Crippen molar-refractivity contribution in [3.05, 3.63) is 58.2 Å². The molecule has 0 N–H and O–H groups in total. The first-order valence-corrected chi connectivity index (χ1v) is 7.17. The van der Waals surface area contributed by atoms with Gasteiger partial charge in [-0.2, -0.15) is 0 Å². The van der Waals surface area contributed by atoms with E-state index >= 15 is 0 Å². The van der Waals surface area contributed by atoms with E-state index in [-0.39, 0.29) is 0 Å². The molecule has 1 aliphatic rings. The number of fused-ring (bicyclic) bond motifs is 2. The first-order valence-electron chi connectivity index (χ1n) is 7.17. The van der Waals surface area contributed by atoms with Crippen LogP contribution in [0.15, 0.2) is 24.8 Å². The van der Waals surface area contributed by atoms with Gasteiger partial charge in [-0.25, -0.2) is 0 Å². The average molecular weight is 250 g/mol. The molecule has 0 nitrogen and oxygen atoms in total. The number of allylic oxidation sites excluding steroid dienone is 1. The van der Waals surface area contributed by atoms with Gasteiger partial charge >= 0.3 is 0 Å². The highest BCUT2D eigenvalue weighted by Crippen LogP contribution is 2.35. The average Bonchev–Trinajstić information content (AvgIpc) is 2.83. The predicted octanol–water partition coefficient (Wildman–Crippen LogP) is 4.97. The molecule has 0 saturated heterocycles. The summed E-state index contributed by atoms with van der Waals surface area (Å²) in [5.74, 6) is 0.634. The van der Waals surface area contributed by atoms with Gasteiger partial charge in [0, 0.05) is 0 Å². The highest BCUT2D eigenvalue weighted by atomic mass is 14.3.